The second-order valence-corrected chi connectivity index (χ2v) is 3.93. The number of carboxylic acids is 1. The van der Waals surface area contributed by atoms with E-state index in [-0.39, 0.29) is 5.56 Å². The van der Waals surface area contributed by atoms with Crippen LogP contribution in [0.15, 0.2) is 48.5 Å². The predicted octanol–water partition coefficient (Wildman–Crippen LogP) is 3.74. The average Bonchev–Trinajstić information content (AvgIpc) is 2.39. The first-order valence-electron chi connectivity index (χ1n) is 5.79. The van der Waals surface area contributed by atoms with Gasteiger partial charge in [0.05, 0.1) is 5.56 Å². The van der Waals surface area contributed by atoms with Gasteiger partial charge in [0, 0.05) is 0 Å². The van der Waals surface area contributed by atoms with Crippen molar-refractivity contribution in [2.24, 2.45) is 0 Å². The van der Waals surface area contributed by atoms with Crippen molar-refractivity contribution in [2.75, 3.05) is 0 Å². The van der Waals surface area contributed by atoms with Crippen molar-refractivity contribution >= 4 is 5.97 Å². The molecule has 18 heavy (non-hydrogen) atoms. The van der Waals surface area contributed by atoms with Crippen molar-refractivity contribution in [3.8, 4) is 11.5 Å². The molecule has 3 heteroatoms. The number of aryl methyl sites for hydroxylation is 1. The van der Waals surface area contributed by atoms with Crippen LogP contribution in [0.3, 0.4) is 0 Å². The first-order valence-corrected chi connectivity index (χ1v) is 5.79. The summed E-state index contributed by atoms with van der Waals surface area (Å²) in [5.41, 5.74) is 1.46. The number of hydrogen-bond donors (Lipinski definition) is 1. The third-order valence-corrected chi connectivity index (χ3v) is 2.64. The molecule has 1 N–H and O–H groups in total. The highest BCUT2D eigenvalue weighted by Gasteiger charge is 2.03. The molecule has 0 bridgehead atoms. The van der Waals surface area contributed by atoms with Crippen molar-refractivity contribution < 1.29 is 14.6 Å². The zero-order chi connectivity index (χ0) is 13.0. The van der Waals surface area contributed by atoms with Crippen LogP contribution >= 0.6 is 0 Å². The van der Waals surface area contributed by atoms with E-state index >= 15 is 0 Å². The van der Waals surface area contributed by atoms with E-state index in [0.717, 1.165) is 12.2 Å². The highest BCUT2D eigenvalue weighted by Crippen LogP contribution is 2.22. The summed E-state index contributed by atoms with van der Waals surface area (Å²) in [4.78, 5) is 10.7. The molecule has 2 aromatic rings. The second-order valence-electron chi connectivity index (χ2n) is 3.93. The first-order chi connectivity index (χ1) is 8.69. The van der Waals surface area contributed by atoms with Crippen LogP contribution in [0.5, 0.6) is 11.5 Å². The fourth-order valence-corrected chi connectivity index (χ4v) is 1.63. The Bertz CT molecular complexity index is 544. The van der Waals surface area contributed by atoms with E-state index in [1.807, 2.05) is 24.3 Å². The van der Waals surface area contributed by atoms with Gasteiger partial charge in [0.1, 0.15) is 11.5 Å². The van der Waals surface area contributed by atoms with Crippen LogP contribution in [-0.2, 0) is 6.42 Å². The maximum atomic E-state index is 10.7. The Morgan fingerprint density at radius 1 is 1.11 bits per heavy atom. The van der Waals surface area contributed by atoms with Crippen molar-refractivity contribution in [3.63, 3.8) is 0 Å². The Hall–Kier alpha value is -2.29. The van der Waals surface area contributed by atoms with E-state index < -0.39 is 5.97 Å². The van der Waals surface area contributed by atoms with Gasteiger partial charge in [-0.05, 0) is 48.4 Å². The fraction of sp³-hybridized carbons (Fsp3) is 0.133. The summed E-state index contributed by atoms with van der Waals surface area (Å²) in [6.45, 7) is 2.08. The molecular weight excluding hydrogens is 228 g/mol. The Kier molecular flexibility index (Phi) is 3.63. The number of hydrogen-bond acceptors (Lipinski definition) is 2. The molecule has 3 nitrogen and oxygen atoms in total. The maximum absolute atomic E-state index is 10.7. The molecule has 2 aromatic carbocycles. The number of ether oxygens (including phenoxy) is 1. The van der Waals surface area contributed by atoms with Crippen molar-refractivity contribution in [1.29, 1.82) is 0 Å². The fourth-order valence-electron chi connectivity index (χ4n) is 1.63. The van der Waals surface area contributed by atoms with Crippen LogP contribution in [0.2, 0.25) is 0 Å². The smallest absolute Gasteiger partial charge is 0.335 e. The lowest BCUT2D eigenvalue weighted by Gasteiger charge is -2.07. The molecule has 0 heterocycles. The number of aromatic carboxylic acids is 1. The number of rotatable bonds is 4. The van der Waals surface area contributed by atoms with Crippen molar-refractivity contribution in [1.82, 2.24) is 0 Å². The lowest BCUT2D eigenvalue weighted by atomic mass is 10.1. The van der Waals surface area contributed by atoms with E-state index in [1.54, 1.807) is 12.1 Å². The van der Waals surface area contributed by atoms with Gasteiger partial charge in [-0.2, -0.15) is 0 Å². The summed E-state index contributed by atoms with van der Waals surface area (Å²) in [6.07, 6.45) is 0.954. The molecule has 2 rings (SSSR count). The topological polar surface area (TPSA) is 46.5 Å². The number of benzene rings is 2. The van der Waals surface area contributed by atoms with Crippen LogP contribution in [0, 0.1) is 0 Å². The molecule has 0 aromatic heterocycles. The van der Waals surface area contributed by atoms with Gasteiger partial charge in [0.25, 0.3) is 0 Å². The number of carbonyl (C=O) groups is 1. The third-order valence-electron chi connectivity index (χ3n) is 2.64. The summed E-state index contributed by atoms with van der Waals surface area (Å²) < 4.78 is 5.66. The minimum absolute atomic E-state index is 0.254. The SMILES string of the molecule is CCc1cccc(Oc2ccc(C(=O)O)cc2)c1. The standard InChI is InChI=1S/C15H14O3/c1-2-11-4-3-5-14(10-11)18-13-8-6-12(7-9-13)15(16)17/h3-10H,2H2,1H3,(H,16,17). The van der Waals surface area contributed by atoms with Gasteiger partial charge in [-0.1, -0.05) is 19.1 Å². The van der Waals surface area contributed by atoms with Crippen molar-refractivity contribution in [2.45, 2.75) is 13.3 Å². The van der Waals surface area contributed by atoms with Gasteiger partial charge in [-0.15, -0.1) is 0 Å². The summed E-state index contributed by atoms with van der Waals surface area (Å²) in [5.74, 6) is 0.459. The molecule has 0 aliphatic carbocycles. The van der Waals surface area contributed by atoms with Gasteiger partial charge in [0.2, 0.25) is 0 Å². The maximum Gasteiger partial charge on any atom is 0.335 e. The molecule has 92 valence electrons. The molecule has 0 aliphatic rings. The quantitative estimate of drug-likeness (QED) is 0.888. The van der Waals surface area contributed by atoms with Crippen LogP contribution in [0.4, 0.5) is 0 Å². The zero-order valence-corrected chi connectivity index (χ0v) is 10.1. The Morgan fingerprint density at radius 2 is 1.83 bits per heavy atom. The molecule has 0 spiro atoms. The summed E-state index contributed by atoms with van der Waals surface area (Å²) in [7, 11) is 0. The minimum Gasteiger partial charge on any atom is -0.478 e. The normalized spacial score (nSPS) is 10.1. The van der Waals surface area contributed by atoms with Crippen LogP contribution in [0.25, 0.3) is 0 Å². The lowest BCUT2D eigenvalue weighted by Crippen LogP contribution is -1.95. The van der Waals surface area contributed by atoms with E-state index in [0.29, 0.717) is 5.75 Å². The predicted molar refractivity (Wildman–Crippen MR) is 69.3 cm³/mol. The molecule has 0 unspecified atom stereocenters. The highest BCUT2D eigenvalue weighted by atomic mass is 16.5. The third kappa shape index (κ3) is 2.88. The molecule has 0 saturated heterocycles. The van der Waals surface area contributed by atoms with Gasteiger partial charge in [0.15, 0.2) is 0 Å². The molecule has 0 aliphatic heterocycles. The van der Waals surface area contributed by atoms with Crippen LogP contribution < -0.4 is 4.74 Å². The van der Waals surface area contributed by atoms with Gasteiger partial charge in [-0.3, -0.25) is 0 Å². The van der Waals surface area contributed by atoms with Crippen LogP contribution in [-0.4, -0.2) is 11.1 Å². The highest BCUT2D eigenvalue weighted by molar-refractivity contribution is 5.87. The molecule has 0 amide bonds. The summed E-state index contributed by atoms with van der Waals surface area (Å²) in [6, 6.07) is 14.2. The van der Waals surface area contributed by atoms with Gasteiger partial charge < -0.3 is 9.84 Å². The van der Waals surface area contributed by atoms with Crippen LogP contribution in [0.1, 0.15) is 22.8 Å². The Balaban J connectivity index is 2.15. The van der Waals surface area contributed by atoms with Gasteiger partial charge in [-0.25, -0.2) is 4.79 Å². The largest absolute Gasteiger partial charge is 0.478 e. The molecule has 0 saturated carbocycles. The molecule has 0 radical (unpaired) electrons. The Morgan fingerprint density at radius 3 is 2.44 bits per heavy atom. The van der Waals surface area contributed by atoms with E-state index in [4.69, 9.17) is 9.84 Å². The summed E-state index contributed by atoms with van der Waals surface area (Å²) >= 11 is 0. The Labute approximate surface area is 106 Å². The first kappa shape index (κ1) is 12.2. The molecular formula is C15H14O3. The monoisotopic (exact) mass is 242 g/mol. The number of carboxylic acid groups (broad SMARTS) is 1. The lowest BCUT2D eigenvalue weighted by molar-refractivity contribution is 0.0697. The van der Waals surface area contributed by atoms with E-state index in [9.17, 15) is 4.79 Å². The molecule has 0 fully saturated rings. The minimum atomic E-state index is -0.936. The van der Waals surface area contributed by atoms with Crippen molar-refractivity contribution in [3.05, 3.63) is 59.7 Å². The average molecular weight is 242 g/mol. The summed E-state index contributed by atoms with van der Waals surface area (Å²) in [5, 5.41) is 8.79. The molecule has 0 atom stereocenters. The zero-order valence-electron chi connectivity index (χ0n) is 10.1. The van der Waals surface area contributed by atoms with E-state index in [2.05, 4.69) is 6.92 Å². The van der Waals surface area contributed by atoms with E-state index in [1.165, 1.54) is 17.7 Å². The second kappa shape index (κ2) is 5.36. The van der Waals surface area contributed by atoms with Gasteiger partial charge >= 0.3 is 5.97 Å².